The van der Waals surface area contributed by atoms with E-state index in [1.807, 2.05) is 0 Å². The maximum absolute atomic E-state index is 13.9. The lowest BCUT2D eigenvalue weighted by molar-refractivity contribution is -0.158. The van der Waals surface area contributed by atoms with Gasteiger partial charge in [0.2, 0.25) is 0 Å². The predicted molar refractivity (Wildman–Crippen MR) is 71.8 cm³/mol. The molecule has 20 heavy (non-hydrogen) atoms. The summed E-state index contributed by atoms with van der Waals surface area (Å²) in [6.45, 7) is 0.566. The van der Waals surface area contributed by atoms with Crippen LogP contribution in [0.4, 0.5) is 4.39 Å². The van der Waals surface area contributed by atoms with Crippen molar-refractivity contribution in [3.05, 3.63) is 34.1 Å². The molecule has 7 heteroatoms. The molecule has 0 saturated carbocycles. The van der Waals surface area contributed by atoms with Crippen LogP contribution in [0.3, 0.4) is 0 Å². The van der Waals surface area contributed by atoms with Crippen LogP contribution in [0.5, 0.6) is 0 Å². The first-order chi connectivity index (χ1) is 9.54. The highest BCUT2D eigenvalue weighted by Gasteiger charge is 2.31. The number of morpholine rings is 1. The Labute approximate surface area is 123 Å². The van der Waals surface area contributed by atoms with Crippen molar-refractivity contribution in [3.63, 3.8) is 0 Å². The Morgan fingerprint density at radius 1 is 1.50 bits per heavy atom. The molecule has 1 aromatic rings. The Morgan fingerprint density at radius 3 is 2.95 bits per heavy atom. The van der Waals surface area contributed by atoms with E-state index in [2.05, 4.69) is 20.7 Å². The normalized spacial score (nSPS) is 18.8. The molecule has 0 bridgehead atoms. The summed E-state index contributed by atoms with van der Waals surface area (Å²) in [7, 11) is 1.25. The highest BCUT2D eigenvalue weighted by atomic mass is 79.9. The van der Waals surface area contributed by atoms with Crippen molar-refractivity contribution in [1.82, 2.24) is 4.90 Å². The van der Waals surface area contributed by atoms with Gasteiger partial charge in [-0.15, -0.1) is 0 Å². The number of carbonyl (C=O) groups excluding carboxylic acids is 2. The third-order valence-corrected chi connectivity index (χ3v) is 3.61. The number of hydrogen-bond acceptors (Lipinski definition) is 4. The summed E-state index contributed by atoms with van der Waals surface area (Å²) >= 11 is 3.04. The molecular formula is C13H13BrFNO4. The summed E-state index contributed by atoms with van der Waals surface area (Å²) in [6.07, 6.45) is -0.826. The molecular weight excluding hydrogens is 333 g/mol. The molecule has 5 nitrogen and oxygen atoms in total. The molecule has 1 amide bonds. The van der Waals surface area contributed by atoms with Gasteiger partial charge in [0.05, 0.1) is 30.3 Å². The van der Waals surface area contributed by atoms with E-state index < -0.39 is 23.8 Å². The molecule has 1 aromatic carbocycles. The third-order valence-electron chi connectivity index (χ3n) is 3.00. The number of carbonyl (C=O) groups is 2. The molecule has 1 aliphatic rings. The van der Waals surface area contributed by atoms with Crippen molar-refractivity contribution in [2.45, 2.75) is 6.10 Å². The average Bonchev–Trinajstić information content (AvgIpc) is 2.48. The van der Waals surface area contributed by atoms with Crippen molar-refractivity contribution >= 4 is 27.8 Å². The van der Waals surface area contributed by atoms with Gasteiger partial charge in [-0.25, -0.2) is 9.18 Å². The van der Waals surface area contributed by atoms with Gasteiger partial charge in [0.25, 0.3) is 5.91 Å². The zero-order valence-electron chi connectivity index (χ0n) is 10.8. The van der Waals surface area contributed by atoms with Crippen molar-refractivity contribution in [1.29, 1.82) is 0 Å². The van der Waals surface area contributed by atoms with Crippen molar-refractivity contribution in [2.24, 2.45) is 0 Å². The van der Waals surface area contributed by atoms with Gasteiger partial charge in [0, 0.05) is 6.54 Å². The minimum atomic E-state index is -0.826. The molecule has 1 unspecified atom stereocenters. The lowest BCUT2D eigenvalue weighted by Crippen LogP contribution is -2.49. The van der Waals surface area contributed by atoms with Gasteiger partial charge in [-0.3, -0.25) is 4.79 Å². The summed E-state index contributed by atoms with van der Waals surface area (Å²) in [5, 5.41) is 0. The maximum atomic E-state index is 13.9. The molecule has 108 valence electrons. The summed E-state index contributed by atoms with van der Waals surface area (Å²) in [4.78, 5) is 25.1. The fourth-order valence-electron chi connectivity index (χ4n) is 1.95. The molecule has 0 spiro atoms. The largest absolute Gasteiger partial charge is 0.467 e. The Hall–Kier alpha value is -1.47. The zero-order valence-corrected chi connectivity index (χ0v) is 12.4. The van der Waals surface area contributed by atoms with Crippen LogP contribution in [-0.2, 0) is 14.3 Å². The molecule has 1 fully saturated rings. The Balaban J connectivity index is 2.16. The second-order valence-corrected chi connectivity index (χ2v) is 5.09. The molecule has 1 aliphatic heterocycles. The van der Waals surface area contributed by atoms with Gasteiger partial charge in [-0.05, 0) is 28.1 Å². The Bertz CT molecular complexity index is 537. The molecule has 0 aliphatic carbocycles. The van der Waals surface area contributed by atoms with Crippen LogP contribution in [0, 0.1) is 5.82 Å². The Kier molecular flexibility index (Phi) is 4.72. The van der Waals surface area contributed by atoms with Crippen molar-refractivity contribution < 1.29 is 23.5 Å². The summed E-state index contributed by atoms with van der Waals surface area (Å²) in [5.74, 6) is -1.63. The van der Waals surface area contributed by atoms with E-state index in [0.29, 0.717) is 6.54 Å². The number of esters is 1. The average molecular weight is 346 g/mol. The first kappa shape index (κ1) is 14.9. The highest BCUT2D eigenvalue weighted by Crippen LogP contribution is 2.21. The van der Waals surface area contributed by atoms with E-state index >= 15 is 0 Å². The molecule has 1 saturated heterocycles. The van der Waals surface area contributed by atoms with Gasteiger partial charge in [-0.2, -0.15) is 0 Å². The monoisotopic (exact) mass is 345 g/mol. The maximum Gasteiger partial charge on any atom is 0.336 e. The zero-order chi connectivity index (χ0) is 14.7. The lowest BCUT2D eigenvalue weighted by atomic mass is 10.1. The summed E-state index contributed by atoms with van der Waals surface area (Å²) in [6, 6.07) is 4.51. The first-order valence-corrected chi connectivity index (χ1v) is 6.76. The second-order valence-electron chi connectivity index (χ2n) is 4.24. The van der Waals surface area contributed by atoms with Crippen LogP contribution in [0.2, 0.25) is 0 Å². The molecule has 1 heterocycles. The minimum Gasteiger partial charge on any atom is -0.467 e. The van der Waals surface area contributed by atoms with Crippen LogP contribution in [0.1, 0.15) is 10.4 Å². The van der Waals surface area contributed by atoms with Gasteiger partial charge >= 0.3 is 5.97 Å². The van der Waals surface area contributed by atoms with Gasteiger partial charge in [0.15, 0.2) is 6.10 Å². The van der Waals surface area contributed by atoms with Crippen LogP contribution in [-0.4, -0.2) is 49.7 Å². The van der Waals surface area contributed by atoms with Crippen LogP contribution >= 0.6 is 15.9 Å². The minimum absolute atomic E-state index is 0.0371. The number of benzene rings is 1. The molecule has 0 aromatic heterocycles. The van der Waals surface area contributed by atoms with Gasteiger partial charge in [0.1, 0.15) is 5.82 Å². The number of ether oxygens (including phenoxy) is 2. The smallest absolute Gasteiger partial charge is 0.336 e. The van der Waals surface area contributed by atoms with E-state index in [-0.39, 0.29) is 23.2 Å². The summed E-state index contributed by atoms with van der Waals surface area (Å²) in [5.41, 5.74) is -0.0371. The number of rotatable bonds is 2. The van der Waals surface area contributed by atoms with Crippen molar-refractivity contribution in [2.75, 3.05) is 26.8 Å². The lowest BCUT2D eigenvalue weighted by Gasteiger charge is -2.31. The number of methoxy groups -OCH3 is 1. The SMILES string of the molecule is COC(=O)C1CN(C(=O)c2cccc(Br)c2F)CCO1. The van der Waals surface area contributed by atoms with Crippen molar-refractivity contribution in [3.8, 4) is 0 Å². The molecule has 0 N–H and O–H groups in total. The van der Waals surface area contributed by atoms with E-state index in [4.69, 9.17) is 4.74 Å². The van der Waals surface area contributed by atoms with E-state index in [0.717, 1.165) is 0 Å². The first-order valence-electron chi connectivity index (χ1n) is 5.97. The van der Waals surface area contributed by atoms with Crippen LogP contribution in [0.25, 0.3) is 0 Å². The second kappa shape index (κ2) is 6.32. The van der Waals surface area contributed by atoms with Gasteiger partial charge < -0.3 is 14.4 Å². The number of nitrogens with zero attached hydrogens (tertiary/aromatic N) is 1. The van der Waals surface area contributed by atoms with E-state index in [1.54, 1.807) is 6.07 Å². The van der Waals surface area contributed by atoms with Crippen LogP contribution < -0.4 is 0 Å². The van der Waals surface area contributed by atoms with E-state index in [1.165, 1.54) is 24.1 Å². The predicted octanol–water partition coefficient (Wildman–Crippen LogP) is 1.60. The number of hydrogen-bond donors (Lipinski definition) is 0. The fourth-order valence-corrected chi connectivity index (χ4v) is 2.31. The fraction of sp³-hybridized carbons (Fsp3) is 0.385. The highest BCUT2D eigenvalue weighted by molar-refractivity contribution is 9.10. The number of halogens is 2. The molecule has 0 radical (unpaired) electrons. The number of amides is 1. The topological polar surface area (TPSA) is 55.8 Å². The van der Waals surface area contributed by atoms with Gasteiger partial charge in [-0.1, -0.05) is 6.07 Å². The standard InChI is InChI=1S/C13H13BrFNO4/c1-19-13(18)10-7-16(5-6-20-10)12(17)8-3-2-4-9(14)11(8)15/h2-4,10H,5-7H2,1H3. The van der Waals surface area contributed by atoms with E-state index in [9.17, 15) is 14.0 Å². The van der Waals surface area contributed by atoms with Crippen LogP contribution in [0.15, 0.2) is 22.7 Å². The quantitative estimate of drug-likeness (QED) is 0.764. The molecule has 1 atom stereocenters. The molecule has 2 rings (SSSR count). The summed E-state index contributed by atoms with van der Waals surface area (Å²) < 4.78 is 23.9. The Morgan fingerprint density at radius 2 is 2.25 bits per heavy atom. The third kappa shape index (κ3) is 2.99.